The van der Waals surface area contributed by atoms with Crippen molar-refractivity contribution in [3.63, 3.8) is 0 Å². The molecule has 2 heteroatoms. The van der Waals surface area contributed by atoms with Gasteiger partial charge >= 0.3 is 0 Å². The molecule has 2 aliphatic heterocycles. The van der Waals surface area contributed by atoms with E-state index in [0.717, 1.165) is 0 Å². The molecule has 0 radical (unpaired) electrons. The Morgan fingerprint density at radius 2 is 0.759 bits per heavy atom. The number of benzene rings is 7. The molecule has 54 heavy (non-hydrogen) atoms. The summed E-state index contributed by atoms with van der Waals surface area (Å²) in [5.41, 5.74) is 26.3. The van der Waals surface area contributed by atoms with Crippen LogP contribution in [0.4, 0.5) is 0 Å². The first-order valence-corrected chi connectivity index (χ1v) is 21.6. The van der Waals surface area contributed by atoms with E-state index in [-0.39, 0.29) is 17.5 Å². The molecule has 0 amide bonds. The summed E-state index contributed by atoms with van der Waals surface area (Å²) in [4.78, 5) is 0. The van der Waals surface area contributed by atoms with E-state index < -0.39 is 8.07 Å². The normalized spacial score (nSPS) is 17.1. The van der Waals surface area contributed by atoms with Gasteiger partial charge in [0.1, 0.15) is 0 Å². The molecule has 0 saturated heterocycles. The fourth-order valence-electron chi connectivity index (χ4n) is 10.9. The van der Waals surface area contributed by atoms with Gasteiger partial charge in [0.05, 0.1) is 0 Å². The lowest BCUT2D eigenvalue weighted by Gasteiger charge is -2.37. The van der Waals surface area contributed by atoms with Crippen molar-refractivity contribution < 1.29 is 0 Å². The van der Waals surface area contributed by atoms with Crippen LogP contribution in [0.5, 0.6) is 0 Å². The molecule has 0 atom stereocenters. The minimum atomic E-state index is -2.67. The van der Waals surface area contributed by atoms with Crippen LogP contribution in [0.15, 0.2) is 175 Å². The maximum atomic E-state index is 2.79. The van der Waals surface area contributed by atoms with Gasteiger partial charge in [0.25, 0.3) is 0 Å². The third kappa shape index (κ3) is 4.10. The minimum Gasteiger partial charge on any atom is -0.0737 e. The average molecular weight is 705 g/mol. The van der Waals surface area contributed by atoms with E-state index in [1.165, 1.54) is 93.5 Å². The van der Waals surface area contributed by atoms with Crippen LogP contribution in [0.25, 0.3) is 33.4 Å². The molecular weight excluding hydrogens is 663 g/mol. The maximum Gasteiger partial charge on any atom is 0.240 e. The van der Waals surface area contributed by atoms with E-state index in [2.05, 4.69) is 203 Å². The molecule has 2 aliphatic carbocycles. The van der Waals surface area contributed by atoms with Crippen LogP contribution in [-0.2, 0) is 10.8 Å². The van der Waals surface area contributed by atoms with Gasteiger partial charge in [-0.1, -0.05) is 230 Å². The number of allylic oxidation sites excluding steroid dienone is 2. The molecule has 256 valence electrons. The lowest BCUT2D eigenvalue weighted by Crippen LogP contribution is -2.77. The fourth-order valence-corrected chi connectivity index (χ4v) is 15.6. The summed E-state index contributed by atoms with van der Waals surface area (Å²) in [6.07, 6.45) is 0. The smallest absolute Gasteiger partial charge is 0.0737 e. The van der Waals surface area contributed by atoms with Crippen molar-refractivity contribution >= 4 is 52.7 Å². The number of fused-ring (bicyclic) bond motifs is 10. The predicted octanol–water partition coefficient (Wildman–Crippen LogP) is 8.95. The van der Waals surface area contributed by atoms with Crippen LogP contribution >= 0.6 is 0 Å². The van der Waals surface area contributed by atoms with Gasteiger partial charge in [-0.05, 0) is 66.8 Å². The largest absolute Gasteiger partial charge is 0.240 e. The van der Waals surface area contributed by atoms with Gasteiger partial charge in [-0.25, -0.2) is 0 Å². The molecule has 2 heterocycles. The predicted molar refractivity (Wildman–Crippen MR) is 233 cm³/mol. The van der Waals surface area contributed by atoms with Crippen LogP contribution in [0.3, 0.4) is 0 Å². The molecule has 0 saturated carbocycles. The zero-order valence-electron chi connectivity index (χ0n) is 31.3. The molecular formula is C52H41BSi. The summed E-state index contributed by atoms with van der Waals surface area (Å²) in [5, 5.41) is 3.01. The SMILES string of the molecule is CC1(C)c2ccccc2-c2c(C3=C[Si]4(C=C3c3cccc5c3-c3ccccc3C5(C)C)c3ccccc3B(c3ccccc3)c3ccccc34)cccc21. The van der Waals surface area contributed by atoms with E-state index >= 15 is 0 Å². The van der Waals surface area contributed by atoms with Crippen LogP contribution in [0, 0.1) is 0 Å². The van der Waals surface area contributed by atoms with Gasteiger partial charge < -0.3 is 0 Å². The highest BCUT2D eigenvalue weighted by atomic mass is 28.3. The van der Waals surface area contributed by atoms with Gasteiger partial charge in [-0.3, -0.25) is 0 Å². The van der Waals surface area contributed by atoms with E-state index in [1.807, 2.05) is 0 Å². The molecule has 0 aromatic heterocycles. The first-order chi connectivity index (χ1) is 26.3. The summed E-state index contributed by atoms with van der Waals surface area (Å²) in [6, 6.07) is 62.4. The van der Waals surface area contributed by atoms with Crippen molar-refractivity contribution in [2.24, 2.45) is 0 Å². The standard InChI is InChI=1S/C52H41BSi/c1-51(2)41-24-10-8-20-37(41)49-35(22-16-26-43(49)51)39-32-54(33-40(39)36-23-17-27-44-50(36)38-21-9-11-25-42(38)52(44,3)4)47-30-14-12-28-45(47)53(34-18-6-5-7-19-34)46-29-13-15-31-48(46)54/h5-33H,1-4H3. The highest BCUT2D eigenvalue weighted by Crippen LogP contribution is 2.56. The van der Waals surface area contributed by atoms with Crippen molar-refractivity contribution in [3.8, 4) is 22.3 Å². The highest BCUT2D eigenvalue weighted by Gasteiger charge is 2.49. The second-order valence-corrected chi connectivity index (χ2v) is 20.2. The average Bonchev–Trinajstić information content (AvgIpc) is 3.80. The molecule has 1 spiro atoms. The molecule has 11 rings (SSSR count). The van der Waals surface area contributed by atoms with E-state index in [4.69, 9.17) is 0 Å². The zero-order valence-corrected chi connectivity index (χ0v) is 32.3. The second-order valence-electron chi connectivity index (χ2n) is 16.8. The Kier molecular flexibility index (Phi) is 6.57. The second kappa shape index (κ2) is 11.2. The van der Waals surface area contributed by atoms with Crippen molar-refractivity contribution in [1.29, 1.82) is 0 Å². The highest BCUT2D eigenvalue weighted by molar-refractivity contribution is 7.20. The van der Waals surface area contributed by atoms with Crippen molar-refractivity contribution in [2.75, 3.05) is 0 Å². The Bertz CT molecular complexity index is 2610. The molecule has 7 aromatic carbocycles. The van der Waals surface area contributed by atoms with Crippen LogP contribution in [0.1, 0.15) is 61.1 Å². The fraction of sp³-hybridized carbons (Fsp3) is 0.115. The topological polar surface area (TPSA) is 0 Å². The van der Waals surface area contributed by atoms with Gasteiger partial charge in [-0.15, -0.1) is 0 Å². The maximum absolute atomic E-state index is 2.79. The summed E-state index contributed by atoms with van der Waals surface area (Å²) in [7, 11) is -2.67. The van der Waals surface area contributed by atoms with Crippen molar-refractivity contribution in [1.82, 2.24) is 0 Å². The lowest BCUT2D eigenvalue weighted by atomic mass is 9.36. The molecule has 0 fully saturated rings. The summed E-state index contributed by atoms with van der Waals surface area (Å²) < 4.78 is 0. The Hall–Kier alpha value is -5.70. The molecule has 0 nitrogen and oxygen atoms in total. The molecule has 0 bridgehead atoms. The molecule has 4 aliphatic rings. The van der Waals surface area contributed by atoms with Gasteiger partial charge in [0, 0.05) is 10.8 Å². The van der Waals surface area contributed by atoms with E-state index in [9.17, 15) is 0 Å². The monoisotopic (exact) mass is 704 g/mol. The summed E-state index contributed by atoms with van der Waals surface area (Å²) in [5.74, 6) is 0. The van der Waals surface area contributed by atoms with Crippen molar-refractivity contribution in [2.45, 2.75) is 38.5 Å². The first kappa shape index (κ1) is 31.8. The van der Waals surface area contributed by atoms with Gasteiger partial charge in [0.15, 0.2) is 8.07 Å². The van der Waals surface area contributed by atoms with E-state index in [0.29, 0.717) is 0 Å². The zero-order chi connectivity index (χ0) is 36.4. The van der Waals surface area contributed by atoms with Crippen molar-refractivity contribution in [3.05, 3.63) is 209 Å². The minimum absolute atomic E-state index is 0.0794. The summed E-state index contributed by atoms with van der Waals surface area (Å²) in [6.45, 7) is 9.79. The third-order valence-corrected chi connectivity index (χ3v) is 17.6. The Labute approximate surface area is 320 Å². The lowest BCUT2D eigenvalue weighted by molar-refractivity contribution is 0.660. The van der Waals surface area contributed by atoms with Gasteiger partial charge in [-0.2, -0.15) is 0 Å². The number of hydrogen-bond acceptors (Lipinski definition) is 0. The third-order valence-electron chi connectivity index (χ3n) is 13.4. The van der Waals surface area contributed by atoms with E-state index in [1.54, 1.807) is 0 Å². The van der Waals surface area contributed by atoms with Crippen LogP contribution in [-0.4, -0.2) is 14.8 Å². The Balaban J connectivity index is 1.26. The van der Waals surface area contributed by atoms with Gasteiger partial charge in [0.2, 0.25) is 6.71 Å². The first-order valence-electron chi connectivity index (χ1n) is 19.5. The number of rotatable bonds is 3. The Morgan fingerprint density at radius 1 is 0.370 bits per heavy atom. The van der Waals surface area contributed by atoms with Crippen LogP contribution < -0.4 is 26.8 Å². The Morgan fingerprint density at radius 3 is 1.26 bits per heavy atom. The summed E-state index contributed by atoms with van der Waals surface area (Å²) >= 11 is 0. The molecule has 0 unspecified atom stereocenters. The quantitative estimate of drug-likeness (QED) is 0.161. The van der Waals surface area contributed by atoms with Crippen LogP contribution in [0.2, 0.25) is 0 Å². The molecule has 7 aromatic rings. The molecule has 0 N–H and O–H groups in total. The number of hydrogen-bond donors (Lipinski definition) is 0.